The van der Waals surface area contributed by atoms with Gasteiger partial charge in [0.1, 0.15) is 5.75 Å². The average molecular weight is 434 g/mol. The van der Waals surface area contributed by atoms with Gasteiger partial charge in [-0.1, -0.05) is 54.6 Å². The van der Waals surface area contributed by atoms with E-state index in [-0.39, 0.29) is 18.9 Å². The number of fused-ring (bicyclic) bond motifs is 1. The van der Waals surface area contributed by atoms with Gasteiger partial charge in [0.05, 0.1) is 13.0 Å². The Hall–Kier alpha value is -3.87. The number of hydrogen-bond acceptors (Lipinski definition) is 4. The predicted molar refractivity (Wildman–Crippen MR) is 123 cm³/mol. The molecule has 3 aromatic rings. The molecular weight excluding hydrogens is 406 g/mol. The molecule has 3 aromatic carbocycles. The van der Waals surface area contributed by atoms with Gasteiger partial charge in [-0.3, -0.25) is 25.2 Å². The Morgan fingerprint density at radius 3 is 2.41 bits per heavy atom. The molecule has 0 saturated heterocycles. The number of amides is 3. The summed E-state index contributed by atoms with van der Waals surface area (Å²) in [7, 11) is 0. The van der Waals surface area contributed by atoms with Gasteiger partial charge >= 0.3 is 0 Å². The van der Waals surface area contributed by atoms with Gasteiger partial charge in [-0.2, -0.15) is 0 Å². The molecule has 0 saturated carbocycles. The second-order valence-electron chi connectivity index (χ2n) is 7.59. The monoisotopic (exact) mass is 433 g/mol. The Morgan fingerprint density at radius 2 is 1.59 bits per heavy atom. The molecule has 3 rings (SSSR count). The lowest BCUT2D eigenvalue weighted by atomic mass is 10.0. The zero-order valence-corrected chi connectivity index (χ0v) is 18.4. The molecular formula is C25H27N3O4. The van der Waals surface area contributed by atoms with Crippen LogP contribution in [0, 0.1) is 13.8 Å². The first kappa shape index (κ1) is 22.8. The SMILES string of the molecule is Cc1cccc(OC(C)C(=O)NNC(=O)CNC(=O)Cc2cccc3ccccc23)c1C. The molecule has 1 unspecified atom stereocenters. The van der Waals surface area contributed by atoms with Gasteiger partial charge in [-0.05, 0) is 54.3 Å². The van der Waals surface area contributed by atoms with Crippen molar-refractivity contribution in [1.82, 2.24) is 16.2 Å². The standard InChI is InChI=1S/C25H27N3O4/c1-16-8-6-13-22(17(16)2)32-18(3)25(31)28-27-24(30)15-26-23(29)14-20-11-7-10-19-9-4-5-12-21(19)20/h4-13,18H,14-15H2,1-3H3,(H,26,29)(H,27,30)(H,28,31). The van der Waals surface area contributed by atoms with Gasteiger partial charge in [0.15, 0.2) is 6.10 Å². The van der Waals surface area contributed by atoms with Crippen molar-refractivity contribution in [3.63, 3.8) is 0 Å². The molecule has 0 fully saturated rings. The molecule has 32 heavy (non-hydrogen) atoms. The fourth-order valence-corrected chi connectivity index (χ4v) is 3.23. The number of carbonyl (C=O) groups excluding carboxylic acids is 3. The summed E-state index contributed by atoms with van der Waals surface area (Å²) in [5.74, 6) is -0.709. The molecule has 7 heteroatoms. The summed E-state index contributed by atoms with van der Waals surface area (Å²) in [6.45, 7) is 5.21. The zero-order valence-electron chi connectivity index (χ0n) is 18.4. The molecule has 0 aliphatic carbocycles. The summed E-state index contributed by atoms with van der Waals surface area (Å²) in [5, 5.41) is 4.62. The lowest BCUT2D eigenvalue weighted by Crippen LogP contribution is -2.50. The van der Waals surface area contributed by atoms with Gasteiger partial charge in [0.2, 0.25) is 5.91 Å². The van der Waals surface area contributed by atoms with E-state index in [1.54, 1.807) is 13.0 Å². The summed E-state index contributed by atoms with van der Waals surface area (Å²) in [6, 6.07) is 19.2. The smallest absolute Gasteiger partial charge is 0.279 e. The highest BCUT2D eigenvalue weighted by atomic mass is 16.5. The highest BCUT2D eigenvalue weighted by molar-refractivity contribution is 5.92. The lowest BCUT2D eigenvalue weighted by Gasteiger charge is -2.17. The Kier molecular flexibility index (Phi) is 7.44. The number of rotatable bonds is 7. The van der Waals surface area contributed by atoms with E-state index in [4.69, 9.17) is 4.74 Å². The lowest BCUT2D eigenvalue weighted by molar-refractivity contribution is -0.132. The van der Waals surface area contributed by atoms with E-state index in [2.05, 4.69) is 16.2 Å². The number of nitrogens with one attached hydrogen (secondary N) is 3. The van der Waals surface area contributed by atoms with Crippen LogP contribution in [-0.4, -0.2) is 30.4 Å². The number of ether oxygens (including phenoxy) is 1. The first-order valence-electron chi connectivity index (χ1n) is 10.4. The van der Waals surface area contributed by atoms with Crippen LogP contribution in [0.15, 0.2) is 60.7 Å². The second-order valence-corrected chi connectivity index (χ2v) is 7.59. The third-order valence-corrected chi connectivity index (χ3v) is 5.23. The summed E-state index contributed by atoms with van der Waals surface area (Å²) >= 11 is 0. The van der Waals surface area contributed by atoms with Gasteiger partial charge in [-0.25, -0.2) is 0 Å². The fourth-order valence-electron chi connectivity index (χ4n) is 3.23. The van der Waals surface area contributed by atoms with Crippen molar-refractivity contribution in [2.45, 2.75) is 33.3 Å². The molecule has 0 aliphatic heterocycles. The van der Waals surface area contributed by atoms with Crippen molar-refractivity contribution < 1.29 is 19.1 Å². The topological polar surface area (TPSA) is 96.5 Å². The molecule has 0 heterocycles. The predicted octanol–water partition coefficient (Wildman–Crippen LogP) is 2.73. The molecule has 0 spiro atoms. The number of hydrazine groups is 1. The maximum atomic E-state index is 12.3. The Morgan fingerprint density at radius 1 is 0.875 bits per heavy atom. The minimum absolute atomic E-state index is 0.154. The Bertz CT molecular complexity index is 1140. The minimum atomic E-state index is -0.809. The Balaban J connectivity index is 1.43. The maximum Gasteiger partial charge on any atom is 0.279 e. The quantitative estimate of drug-likeness (QED) is 0.499. The van der Waals surface area contributed by atoms with Crippen LogP contribution in [0.5, 0.6) is 5.75 Å². The molecule has 0 aromatic heterocycles. The first-order valence-corrected chi connectivity index (χ1v) is 10.4. The van der Waals surface area contributed by atoms with E-state index in [0.29, 0.717) is 5.75 Å². The highest BCUT2D eigenvalue weighted by Crippen LogP contribution is 2.21. The summed E-state index contributed by atoms with van der Waals surface area (Å²) in [5.41, 5.74) is 7.50. The zero-order chi connectivity index (χ0) is 23.1. The van der Waals surface area contributed by atoms with Crippen molar-refractivity contribution in [2.24, 2.45) is 0 Å². The fraction of sp³-hybridized carbons (Fsp3) is 0.240. The van der Waals surface area contributed by atoms with Crippen molar-refractivity contribution in [1.29, 1.82) is 0 Å². The molecule has 1 atom stereocenters. The van der Waals surface area contributed by atoms with E-state index >= 15 is 0 Å². The molecule has 7 nitrogen and oxygen atoms in total. The Labute approximate surface area is 187 Å². The number of aryl methyl sites for hydroxylation is 1. The van der Waals surface area contributed by atoms with Crippen LogP contribution >= 0.6 is 0 Å². The van der Waals surface area contributed by atoms with Crippen LogP contribution in [0.25, 0.3) is 10.8 Å². The van der Waals surface area contributed by atoms with Crippen molar-refractivity contribution in [2.75, 3.05) is 6.54 Å². The largest absolute Gasteiger partial charge is 0.481 e. The first-order chi connectivity index (χ1) is 15.3. The van der Waals surface area contributed by atoms with Crippen LogP contribution in [0.3, 0.4) is 0 Å². The summed E-state index contributed by atoms with van der Waals surface area (Å²) < 4.78 is 5.69. The average Bonchev–Trinajstić information content (AvgIpc) is 2.79. The molecule has 0 bridgehead atoms. The number of carbonyl (C=O) groups is 3. The third kappa shape index (κ3) is 5.85. The van der Waals surface area contributed by atoms with E-state index in [9.17, 15) is 14.4 Å². The van der Waals surface area contributed by atoms with E-state index in [1.165, 1.54) is 0 Å². The van der Waals surface area contributed by atoms with E-state index < -0.39 is 17.9 Å². The normalized spacial score (nSPS) is 11.5. The molecule has 0 aliphatic rings. The maximum absolute atomic E-state index is 12.3. The van der Waals surface area contributed by atoms with Crippen molar-refractivity contribution in [3.05, 3.63) is 77.4 Å². The molecule has 0 radical (unpaired) electrons. The van der Waals surface area contributed by atoms with Crippen LogP contribution < -0.4 is 20.9 Å². The highest BCUT2D eigenvalue weighted by Gasteiger charge is 2.17. The van der Waals surface area contributed by atoms with Crippen LogP contribution in [0.1, 0.15) is 23.6 Å². The van der Waals surface area contributed by atoms with Gasteiger partial charge in [0.25, 0.3) is 11.8 Å². The van der Waals surface area contributed by atoms with Gasteiger partial charge in [-0.15, -0.1) is 0 Å². The van der Waals surface area contributed by atoms with Crippen LogP contribution in [0.2, 0.25) is 0 Å². The van der Waals surface area contributed by atoms with Crippen LogP contribution in [-0.2, 0) is 20.8 Å². The molecule has 3 N–H and O–H groups in total. The van der Waals surface area contributed by atoms with Crippen molar-refractivity contribution in [3.8, 4) is 5.75 Å². The van der Waals surface area contributed by atoms with Crippen molar-refractivity contribution >= 4 is 28.5 Å². The number of benzene rings is 3. The molecule has 3 amide bonds. The number of hydrogen-bond donors (Lipinski definition) is 3. The second kappa shape index (κ2) is 10.4. The van der Waals surface area contributed by atoms with E-state index in [0.717, 1.165) is 27.5 Å². The summed E-state index contributed by atoms with van der Waals surface area (Å²) in [4.78, 5) is 36.5. The van der Waals surface area contributed by atoms with Gasteiger partial charge in [0, 0.05) is 0 Å². The molecule has 166 valence electrons. The minimum Gasteiger partial charge on any atom is -0.481 e. The van der Waals surface area contributed by atoms with E-state index in [1.807, 2.05) is 68.4 Å². The third-order valence-electron chi connectivity index (χ3n) is 5.23. The van der Waals surface area contributed by atoms with Gasteiger partial charge < -0.3 is 10.1 Å². The summed E-state index contributed by atoms with van der Waals surface area (Å²) in [6.07, 6.45) is -0.654. The van der Waals surface area contributed by atoms with Crippen LogP contribution in [0.4, 0.5) is 0 Å².